The van der Waals surface area contributed by atoms with E-state index in [1.54, 1.807) is 35.2 Å². The molecule has 1 aromatic heterocycles. The molecule has 0 aliphatic carbocycles. The summed E-state index contributed by atoms with van der Waals surface area (Å²) in [7, 11) is 0. The van der Waals surface area contributed by atoms with Gasteiger partial charge in [-0.3, -0.25) is 24.2 Å². The fourth-order valence-electron chi connectivity index (χ4n) is 4.03. The summed E-state index contributed by atoms with van der Waals surface area (Å²) in [5, 5.41) is 0. The molecule has 144 valence electrons. The van der Waals surface area contributed by atoms with Gasteiger partial charge in [0.2, 0.25) is 17.7 Å². The van der Waals surface area contributed by atoms with Crippen LogP contribution in [0.3, 0.4) is 0 Å². The van der Waals surface area contributed by atoms with Gasteiger partial charge in [0.05, 0.1) is 19.0 Å². The lowest BCUT2D eigenvalue weighted by Gasteiger charge is -2.25. The van der Waals surface area contributed by atoms with Crippen LogP contribution in [0.4, 0.5) is 0 Å². The number of primary amides is 1. The van der Waals surface area contributed by atoms with E-state index in [4.69, 9.17) is 5.73 Å². The number of Topliss-reactive ketones (excluding diaryl/α,β-unsaturated/α-hetero) is 1. The summed E-state index contributed by atoms with van der Waals surface area (Å²) >= 11 is 0. The van der Waals surface area contributed by atoms with Crippen molar-refractivity contribution in [1.29, 1.82) is 0 Å². The van der Waals surface area contributed by atoms with Gasteiger partial charge in [0.25, 0.3) is 0 Å². The molecule has 0 spiro atoms. The Kier molecular flexibility index (Phi) is 5.53. The van der Waals surface area contributed by atoms with Crippen LogP contribution in [0, 0.1) is 5.92 Å². The van der Waals surface area contributed by atoms with E-state index in [0.717, 1.165) is 5.56 Å². The number of likely N-dealkylation sites (tertiary alicyclic amines) is 2. The second-order valence-electron chi connectivity index (χ2n) is 7.39. The van der Waals surface area contributed by atoms with Crippen LogP contribution in [-0.2, 0) is 25.6 Å². The maximum Gasteiger partial charge on any atom is 0.227 e. The summed E-state index contributed by atoms with van der Waals surface area (Å²) in [6.07, 6.45) is 4.36. The highest BCUT2D eigenvalue weighted by atomic mass is 16.2. The number of aromatic nitrogens is 1. The van der Waals surface area contributed by atoms with Gasteiger partial charge in [-0.05, 0) is 24.0 Å². The number of pyridine rings is 1. The van der Waals surface area contributed by atoms with Crippen LogP contribution in [-0.4, -0.2) is 63.5 Å². The van der Waals surface area contributed by atoms with Gasteiger partial charge in [0.1, 0.15) is 6.04 Å². The van der Waals surface area contributed by atoms with Crippen LogP contribution >= 0.6 is 0 Å². The maximum absolute atomic E-state index is 12.7. The Morgan fingerprint density at radius 2 is 2.04 bits per heavy atom. The van der Waals surface area contributed by atoms with E-state index in [1.165, 1.54) is 0 Å². The fraction of sp³-hybridized carbons (Fsp3) is 0.526. The van der Waals surface area contributed by atoms with Crippen molar-refractivity contribution in [2.24, 2.45) is 11.7 Å². The average Bonchev–Trinajstić information content (AvgIpc) is 3.16. The van der Waals surface area contributed by atoms with Gasteiger partial charge in [-0.1, -0.05) is 13.0 Å². The highest BCUT2D eigenvalue weighted by molar-refractivity contribution is 5.97. The third kappa shape index (κ3) is 4.15. The Bertz CT molecular complexity index is 751. The van der Waals surface area contributed by atoms with Crippen molar-refractivity contribution in [3.8, 4) is 0 Å². The van der Waals surface area contributed by atoms with Crippen molar-refractivity contribution < 1.29 is 19.2 Å². The van der Waals surface area contributed by atoms with Crippen molar-refractivity contribution >= 4 is 23.5 Å². The molecule has 0 radical (unpaired) electrons. The van der Waals surface area contributed by atoms with E-state index in [0.29, 0.717) is 13.0 Å². The normalized spacial score (nSPS) is 22.6. The van der Waals surface area contributed by atoms with E-state index < -0.39 is 11.9 Å². The van der Waals surface area contributed by atoms with Crippen molar-refractivity contribution in [3.05, 3.63) is 30.1 Å². The molecule has 27 heavy (non-hydrogen) atoms. The number of carbonyl (C=O) groups is 4. The van der Waals surface area contributed by atoms with Crippen molar-refractivity contribution in [2.75, 3.05) is 13.1 Å². The first-order chi connectivity index (χ1) is 12.9. The molecule has 1 aromatic rings. The lowest BCUT2D eigenvalue weighted by Crippen LogP contribution is -2.44. The first-order valence-electron chi connectivity index (χ1n) is 9.15. The molecule has 0 aromatic carbocycles. The SMILES string of the molecule is CC(CC(N)=O)CC(=O)N1CCC2C1C(=O)CN2C(=O)Cc1cccnc1. The predicted octanol–water partition coefficient (Wildman–Crippen LogP) is -0.0935. The van der Waals surface area contributed by atoms with Gasteiger partial charge >= 0.3 is 0 Å². The number of rotatable bonds is 6. The minimum atomic E-state index is -0.573. The van der Waals surface area contributed by atoms with Gasteiger partial charge in [0.15, 0.2) is 5.78 Å². The van der Waals surface area contributed by atoms with Gasteiger partial charge in [0, 0.05) is 31.8 Å². The first kappa shape index (κ1) is 19.0. The molecule has 3 heterocycles. The van der Waals surface area contributed by atoms with Crippen LogP contribution in [0.2, 0.25) is 0 Å². The summed E-state index contributed by atoms with van der Waals surface area (Å²) in [5.41, 5.74) is 5.97. The summed E-state index contributed by atoms with van der Waals surface area (Å²) in [6.45, 7) is 2.27. The summed E-state index contributed by atoms with van der Waals surface area (Å²) in [5.74, 6) is -1.01. The number of nitrogens with zero attached hydrogens (tertiary/aromatic N) is 3. The highest BCUT2D eigenvalue weighted by Gasteiger charge is 2.51. The molecular weight excluding hydrogens is 348 g/mol. The number of hydrogen-bond donors (Lipinski definition) is 1. The molecule has 3 rings (SSSR count). The molecule has 3 amide bonds. The van der Waals surface area contributed by atoms with E-state index in [-0.39, 0.29) is 55.4 Å². The second-order valence-corrected chi connectivity index (χ2v) is 7.39. The molecule has 2 N–H and O–H groups in total. The molecule has 2 fully saturated rings. The topological polar surface area (TPSA) is 114 Å². The van der Waals surface area contributed by atoms with Crippen LogP contribution in [0.1, 0.15) is 31.7 Å². The smallest absolute Gasteiger partial charge is 0.227 e. The Balaban J connectivity index is 1.64. The molecule has 8 nitrogen and oxygen atoms in total. The lowest BCUT2D eigenvalue weighted by atomic mass is 10.0. The van der Waals surface area contributed by atoms with Crippen molar-refractivity contribution in [3.63, 3.8) is 0 Å². The van der Waals surface area contributed by atoms with E-state index in [2.05, 4.69) is 4.98 Å². The third-order valence-electron chi connectivity index (χ3n) is 5.21. The molecule has 2 saturated heterocycles. The predicted molar refractivity (Wildman–Crippen MR) is 96.2 cm³/mol. The number of carbonyl (C=O) groups excluding carboxylic acids is 4. The number of hydrogen-bond acceptors (Lipinski definition) is 5. The number of nitrogens with two attached hydrogens (primary N) is 1. The standard InChI is InChI=1S/C19H24N4O4/c1-12(7-16(20)25)8-17(26)22-6-4-14-19(22)15(24)11-23(14)18(27)9-13-3-2-5-21-10-13/h2-3,5,10,12,14,19H,4,6-9,11H2,1H3,(H2,20,25). The maximum atomic E-state index is 12.7. The Labute approximate surface area is 157 Å². The molecule has 3 atom stereocenters. The van der Waals surface area contributed by atoms with Crippen molar-refractivity contribution in [1.82, 2.24) is 14.8 Å². The first-order valence-corrected chi connectivity index (χ1v) is 9.15. The molecule has 0 saturated carbocycles. The summed E-state index contributed by atoms with van der Waals surface area (Å²) in [6, 6.07) is 2.75. The highest BCUT2D eigenvalue weighted by Crippen LogP contribution is 2.31. The van der Waals surface area contributed by atoms with Crippen LogP contribution < -0.4 is 5.73 Å². The van der Waals surface area contributed by atoms with Crippen LogP contribution in [0.15, 0.2) is 24.5 Å². The van der Waals surface area contributed by atoms with Crippen LogP contribution in [0.25, 0.3) is 0 Å². The van der Waals surface area contributed by atoms with E-state index in [9.17, 15) is 19.2 Å². The van der Waals surface area contributed by atoms with Gasteiger partial charge in [-0.2, -0.15) is 0 Å². The Morgan fingerprint density at radius 1 is 1.26 bits per heavy atom. The molecule has 8 heteroatoms. The minimum Gasteiger partial charge on any atom is -0.370 e. The second kappa shape index (κ2) is 7.85. The molecule has 2 aliphatic rings. The quantitative estimate of drug-likeness (QED) is 0.749. The van der Waals surface area contributed by atoms with Gasteiger partial charge < -0.3 is 15.5 Å². The Morgan fingerprint density at radius 3 is 2.70 bits per heavy atom. The van der Waals surface area contributed by atoms with Crippen LogP contribution in [0.5, 0.6) is 0 Å². The number of amides is 3. The van der Waals surface area contributed by atoms with Crippen molar-refractivity contribution in [2.45, 2.75) is 44.7 Å². The zero-order chi connectivity index (χ0) is 19.6. The number of fused-ring (bicyclic) bond motifs is 1. The third-order valence-corrected chi connectivity index (χ3v) is 5.21. The summed E-state index contributed by atoms with van der Waals surface area (Å²) < 4.78 is 0. The molecule has 0 bridgehead atoms. The summed E-state index contributed by atoms with van der Waals surface area (Å²) in [4.78, 5) is 56.0. The number of ketones is 1. The van der Waals surface area contributed by atoms with E-state index in [1.807, 2.05) is 6.07 Å². The fourth-order valence-corrected chi connectivity index (χ4v) is 4.03. The largest absolute Gasteiger partial charge is 0.370 e. The monoisotopic (exact) mass is 372 g/mol. The zero-order valence-electron chi connectivity index (χ0n) is 15.3. The molecule has 3 unspecified atom stereocenters. The van der Waals surface area contributed by atoms with Gasteiger partial charge in [-0.15, -0.1) is 0 Å². The molecular formula is C19H24N4O4. The Hall–Kier alpha value is -2.77. The zero-order valence-corrected chi connectivity index (χ0v) is 15.3. The van der Waals surface area contributed by atoms with Gasteiger partial charge in [-0.25, -0.2) is 0 Å². The lowest BCUT2D eigenvalue weighted by molar-refractivity contribution is -0.137. The van der Waals surface area contributed by atoms with E-state index >= 15 is 0 Å². The minimum absolute atomic E-state index is 0.0368. The average molecular weight is 372 g/mol. The molecule has 2 aliphatic heterocycles.